The molecule has 5 aliphatic rings. The van der Waals surface area contributed by atoms with Gasteiger partial charge in [-0.15, -0.1) is 0 Å². The average Bonchev–Trinajstić information content (AvgIpc) is 3.44. The lowest BCUT2D eigenvalue weighted by Gasteiger charge is -2.32. The minimum atomic E-state index is -1.44. The van der Waals surface area contributed by atoms with Gasteiger partial charge in [0.05, 0.1) is 19.0 Å². The van der Waals surface area contributed by atoms with Crippen LogP contribution in [0.25, 0.3) is 10.9 Å². The van der Waals surface area contributed by atoms with Crippen LogP contribution in [0.15, 0.2) is 42.5 Å². The molecule has 0 unspecified atom stereocenters. The number of carboxylic acid groups (broad SMARTS) is 1. The number of ether oxygens (including phenoxy) is 2. The van der Waals surface area contributed by atoms with Crippen molar-refractivity contribution in [2.75, 3.05) is 26.7 Å². The lowest BCUT2D eigenvalue weighted by molar-refractivity contribution is -0.154. The number of benzene rings is 1. The average molecular weight is 687 g/mol. The number of para-hydroxylation sites is 1. The van der Waals surface area contributed by atoms with Crippen LogP contribution in [-0.4, -0.2) is 94.0 Å². The Bertz CT molecular complexity index is 1700. The number of nitrogens with one attached hydrogen (secondary N) is 1. The SMILES string of the molecule is COc1cc(C(=O)N2C[C@H]3CN4C(=O)[C@H](CC(=O)OC5CCCC5)CCCCC/C=C\[C@@H]5C[C@@]5(C(=O)O)NC(=O)[C@@H]4[C@H]3C2)nc2ccccc12. The first-order valence-corrected chi connectivity index (χ1v) is 18.1. The van der Waals surface area contributed by atoms with Crippen LogP contribution in [0.3, 0.4) is 0 Å². The van der Waals surface area contributed by atoms with E-state index in [1.807, 2.05) is 36.4 Å². The van der Waals surface area contributed by atoms with E-state index in [0.717, 1.165) is 56.8 Å². The van der Waals surface area contributed by atoms with Crippen LogP contribution in [-0.2, 0) is 23.9 Å². The molecule has 12 nitrogen and oxygen atoms in total. The number of allylic oxidation sites excluding steroid dienone is 1. The van der Waals surface area contributed by atoms with Crippen molar-refractivity contribution in [3.05, 3.63) is 48.2 Å². The van der Waals surface area contributed by atoms with E-state index in [-0.39, 0.29) is 61.4 Å². The second-order valence-corrected chi connectivity index (χ2v) is 14.7. The molecule has 50 heavy (non-hydrogen) atoms. The highest BCUT2D eigenvalue weighted by Crippen LogP contribution is 2.46. The van der Waals surface area contributed by atoms with Crippen LogP contribution in [0.4, 0.5) is 0 Å². The molecule has 0 bridgehead atoms. The maximum absolute atomic E-state index is 14.5. The Morgan fingerprint density at radius 2 is 1.80 bits per heavy atom. The fourth-order valence-electron chi connectivity index (χ4n) is 8.69. The monoisotopic (exact) mass is 686 g/mol. The number of carbonyl (C=O) groups excluding carboxylic acids is 4. The number of methoxy groups -OCH3 is 1. The van der Waals surface area contributed by atoms with Crippen LogP contribution in [0.5, 0.6) is 5.75 Å². The van der Waals surface area contributed by atoms with Crippen molar-refractivity contribution in [1.82, 2.24) is 20.1 Å². The summed E-state index contributed by atoms with van der Waals surface area (Å²) in [6, 6.07) is 8.04. The molecular formula is C38H46N4O8. The zero-order valence-electron chi connectivity index (χ0n) is 28.6. The van der Waals surface area contributed by atoms with Crippen molar-refractivity contribution in [1.29, 1.82) is 0 Å². The van der Waals surface area contributed by atoms with Gasteiger partial charge in [0.2, 0.25) is 11.8 Å². The van der Waals surface area contributed by atoms with Gasteiger partial charge >= 0.3 is 11.9 Å². The molecule has 2 aliphatic carbocycles. The summed E-state index contributed by atoms with van der Waals surface area (Å²) in [7, 11) is 1.54. The molecule has 3 aliphatic heterocycles. The van der Waals surface area contributed by atoms with Gasteiger partial charge in [-0.3, -0.25) is 19.2 Å². The molecule has 0 spiro atoms. The normalized spacial score (nSPS) is 30.8. The van der Waals surface area contributed by atoms with Crippen LogP contribution < -0.4 is 10.1 Å². The Balaban J connectivity index is 1.16. The Hall–Kier alpha value is -4.48. The summed E-state index contributed by atoms with van der Waals surface area (Å²) in [5.41, 5.74) is -0.597. The van der Waals surface area contributed by atoms with Gasteiger partial charge in [-0.25, -0.2) is 9.78 Å². The van der Waals surface area contributed by atoms with Crippen molar-refractivity contribution in [3.8, 4) is 5.75 Å². The van der Waals surface area contributed by atoms with Gasteiger partial charge in [0.25, 0.3) is 5.91 Å². The van der Waals surface area contributed by atoms with Crippen molar-refractivity contribution in [2.24, 2.45) is 23.7 Å². The van der Waals surface area contributed by atoms with Crippen molar-refractivity contribution >= 4 is 40.6 Å². The molecule has 0 radical (unpaired) electrons. The summed E-state index contributed by atoms with van der Waals surface area (Å²) in [4.78, 5) is 76.2. The standard InChI is InChI=1S/C38H46N4O8/c1-49-31-18-30(39-29-16-10-9-15-27(29)31)36(46)41-20-24-21-42-33(28(24)22-41)34(44)40-38(37(47)48)19-25(38)12-6-4-2-3-5-11-23(35(42)45)17-32(43)50-26-13-7-8-14-26/h6,9-10,12,15-16,18,23-26,28,33H,2-5,7-8,11,13-14,17,19-22H2,1H3,(H,40,44)(H,47,48)/b12-6-/t23-,24-,25+,28-,33-,38+/m0/s1. The topological polar surface area (TPSA) is 155 Å². The number of hydrogen-bond acceptors (Lipinski definition) is 8. The van der Waals surface area contributed by atoms with Crippen LogP contribution in [0, 0.1) is 23.7 Å². The third-order valence-electron chi connectivity index (χ3n) is 11.5. The van der Waals surface area contributed by atoms with Gasteiger partial charge in [0.15, 0.2) is 0 Å². The molecule has 2 N–H and O–H groups in total. The number of fused-ring (bicyclic) bond motifs is 5. The van der Waals surface area contributed by atoms with E-state index in [4.69, 9.17) is 9.47 Å². The summed E-state index contributed by atoms with van der Waals surface area (Å²) < 4.78 is 11.3. The molecule has 1 aromatic heterocycles. The van der Waals surface area contributed by atoms with Gasteiger partial charge in [-0.05, 0) is 63.5 Å². The maximum Gasteiger partial charge on any atom is 0.330 e. The van der Waals surface area contributed by atoms with Gasteiger partial charge < -0.3 is 29.7 Å². The molecule has 2 aromatic rings. The lowest BCUT2D eigenvalue weighted by Crippen LogP contribution is -2.56. The zero-order chi connectivity index (χ0) is 35.0. The third kappa shape index (κ3) is 6.56. The predicted octanol–water partition coefficient (Wildman–Crippen LogP) is 4.11. The number of carbonyl (C=O) groups is 5. The van der Waals surface area contributed by atoms with E-state index in [0.29, 0.717) is 24.2 Å². The molecule has 1 aromatic carbocycles. The summed E-state index contributed by atoms with van der Waals surface area (Å²) >= 11 is 0. The molecule has 4 fully saturated rings. The van der Waals surface area contributed by atoms with E-state index in [9.17, 15) is 29.1 Å². The van der Waals surface area contributed by atoms with Crippen molar-refractivity contribution in [3.63, 3.8) is 0 Å². The number of aliphatic carboxylic acids is 1. The van der Waals surface area contributed by atoms with E-state index < -0.39 is 41.3 Å². The molecule has 4 heterocycles. The van der Waals surface area contributed by atoms with E-state index in [1.54, 1.807) is 23.0 Å². The fourth-order valence-corrected chi connectivity index (χ4v) is 8.69. The highest BCUT2D eigenvalue weighted by Gasteiger charge is 2.62. The Morgan fingerprint density at radius 3 is 2.58 bits per heavy atom. The number of nitrogens with zero attached hydrogens (tertiary/aromatic N) is 3. The number of aromatic nitrogens is 1. The molecule has 266 valence electrons. The quantitative estimate of drug-likeness (QED) is 0.337. The minimum Gasteiger partial charge on any atom is -0.496 e. The third-order valence-corrected chi connectivity index (χ3v) is 11.5. The maximum atomic E-state index is 14.5. The lowest BCUT2D eigenvalue weighted by atomic mass is 9.92. The van der Waals surface area contributed by atoms with Crippen molar-refractivity contribution < 1.29 is 38.6 Å². The van der Waals surface area contributed by atoms with Gasteiger partial charge in [-0.1, -0.05) is 37.1 Å². The number of esters is 1. The number of pyridine rings is 1. The Kier molecular flexibility index (Phi) is 9.54. The molecule has 6 atom stereocenters. The van der Waals surface area contributed by atoms with Crippen LogP contribution in [0.1, 0.15) is 81.1 Å². The highest BCUT2D eigenvalue weighted by atomic mass is 16.5. The second kappa shape index (κ2) is 14.0. The van der Waals surface area contributed by atoms with E-state index in [2.05, 4.69) is 10.3 Å². The molecule has 12 heteroatoms. The summed E-state index contributed by atoms with van der Waals surface area (Å²) in [6.07, 6.45) is 11.4. The minimum absolute atomic E-state index is 0.0589. The second-order valence-electron chi connectivity index (χ2n) is 14.7. The van der Waals surface area contributed by atoms with Crippen molar-refractivity contribution in [2.45, 2.75) is 88.3 Å². The highest BCUT2D eigenvalue weighted by molar-refractivity contribution is 5.98. The first-order chi connectivity index (χ1) is 24.2. The number of carboxylic acids is 1. The number of likely N-dealkylation sites (tertiary alicyclic amines) is 1. The van der Waals surface area contributed by atoms with Gasteiger partial charge in [0.1, 0.15) is 29.1 Å². The number of rotatable bonds is 6. The molecular weight excluding hydrogens is 640 g/mol. The van der Waals surface area contributed by atoms with Crippen LogP contribution in [0.2, 0.25) is 0 Å². The van der Waals surface area contributed by atoms with E-state index in [1.165, 1.54) is 0 Å². The summed E-state index contributed by atoms with van der Waals surface area (Å²) in [6.45, 7) is 0.717. The molecule has 3 amide bonds. The fraction of sp³-hybridized carbons (Fsp3) is 0.579. The largest absolute Gasteiger partial charge is 0.496 e. The first kappa shape index (κ1) is 34.0. The summed E-state index contributed by atoms with van der Waals surface area (Å²) in [5.74, 6) is -3.75. The van der Waals surface area contributed by atoms with Crippen LogP contribution >= 0.6 is 0 Å². The zero-order valence-corrected chi connectivity index (χ0v) is 28.6. The van der Waals surface area contributed by atoms with Gasteiger partial charge in [0, 0.05) is 54.8 Å². The number of amides is 3. The smallest absolute Gasteiger partial charge is 0.330 e. The predicted molar refractivity (Wildman–Crippen MR) is 182 cm³/mol. The molecule has 2 saturated heterocycles. The Labute approximate surface area is 291 Å². The Morgan fingerprint density at radius 1 is 1.02 bits per heavy atom. The first-order valence-electron chi connectivity index (χ1n) is 18.1. The molecule has 2 saturated carbocycles. The van der Waals surface area contributed by atoms with E-state index >= 15 is 0 Å². The summed E-state index contributed by atoms with van der Waals surface area (Å²) in [5, 5.41) is 13.9. The number of hydrogen-bond donors (Lipinski definition) is 2. The molecule has 7 rings (SSSR count). The van der Waals surface area contributed by atoms with Gasteiger partial charge in [-0.2, -0.15) is 0 Å².